The molecule has 0 aliphatic carbocycles. The van der Waals surface area contributed by atoms with E-state index in [1.54, 1.807) is 18.3 Å². The van der Waals surface area contributed by atoms with Gasteiger partial charge in [-0.25, -0.2) is 14.4 Å². The van der Waals surface area contributed by atoms with Crippen molar-refractivity contribution in [2.24, 2.45) is 10.2 Å². The normalized spacial score (nSPS) is 13.2. The fraction of sp³-hybridized carbons (Fsp3) is 0.321. The smallest absolute Gasteiger partial charge is 0.224 e. The predicted molar refractivity (Wildman–Crippen MR) is 146 cm³/mol. The van der Waals surface area contributed by atoms with Crippen molar-refractivity contribution >= 4 is 17.5 Å². The minimum Gasteiger partial charge on any atom is -0.436 e. The lowest BCUT2D eigenvalue weighted by atomic mass is 10.1. The number of benzene rings is 2. The summed E-state index contributed by atoms with van der Waals surface area (Å²) in [6, 6.07) is 12.7. The monoisotopic (exact) mass is 504 g/mol. The number of allylic oxidation sites excluding steroid dienone is 1. The number of nitroso groups, excluding NO2 is 1. The van der Waals surface area contributed by atoms with E-state index in [1.165, 1.54) is 13.1 Å². The first-order chi connectivity index (χ1) is 17.8. The van der Waals surface area contributed by atoms with Gasteiger partial charge >= 0.3 is 0 Å². The molecule has 1 atom stereocenters. The number of nitrogens with two attached hydrogens (primary N) is 1. The predicted octanol–water partition coefficient (Wildman–Crippen LogP) is 5.65. The Balaban J connectivity index is 1.93. The van der Waals surface area contributed by atoms with Gasteiger partial charge in [0.1, 0.15) is 11.5 Å². The van der Waals surface area contributed by atoms with Crippen molar-refractivity contribution in [1.29, 1.82) is 0 Å². The van der Waals surface area contributed by atoms with E-state index < -0.39 is 5.82 Å². The summed E-state index contributed by atoms with van der Waals surface area (Å²) in [4.78, 5) is 23.7. The molecule has 1 aromatic heterocycles. The lowest BCUT2D eigenvalue weighted by Gasteiger charge is -2.17. The Kier molecular flexibility index (Phi) is 9.57. The molecule has 37 heavy (non-hydrogen) atoms. The van der Waals surface area contributed by atoms with E-state index >= 15 is 4.39 Å². The molecule has 0 amide bonds. The highest BCUT2D eigenvalue weighted by molar-refractivity contribution is 5.98. The highest BCUT2D eigenvalue weighted by Crippen LogP contribution is 2.29. The molecule has 1 unspecified atom stereocenters. The second-order valence-corrected chi connectivity index (χ2v) is 8.86. The first kappa shape index (κ1) is 27.6. The Morgan fingerprint density at radius 3 is 2.57 bits per heavy atom. The molecule has 0 saturated carbocycles. The highest BCUT2D eigenvalue weighted by atomic mass is 19.1. The molecule has 2 aromatic carbocycles. The largest absolute Gasteiger partial charge is 0.436 e. The number of aliphatic imine (C=N–C) groups is 1. The van der Waals surface area contributed by atoms with Crippen molar-refractivity contribution < 1.29 is 9.13 Å². The van der Waals surface area contributed by atoms with Crippen LogP contribution in [-0.2, 0) is 11.3 Å². The van der Waals surface area contributed by atoms with Crippen LogP contribution >= 0.6 is 0 Å². The van der Waals surface area contributed by atoms with Gasteiger partial charge in [0, 0.05) is 25.2 Å². The lowest BCUT2D eigenvalue weighted by Crippen LogP contribution is -2.28. The Bertz CT molecular complexity index is 1300. The second-order valence-electron chi connectivity index (χ2n) is 8.86. The number of halogens is 1. The Morgan fingerprint density at radius 1 is 1.22 bits per heavy atom. The van der Waals surface area contributed by atoms with Crippen LogP contribution in [0.3, 0.4) is 0 Å². The number of hydrogen-bond donors (Lipinski definition) is 2. The molecule has 0 bridgehead atoms. The highest BCUT2D eigenvalue weighted by Gasteiger charge is 2.20. The Morgan fingerprint density at radius 2 is 1.95 bits per heavy atom. The zero-order chi connectivity index (χ0) is 26.9. The number of aryl methyl sites for hydroxylation is 1. The summed E-state index contributed by atoms with van der Waals surface area (Å²) in [5.41, 5.74) is 11.1. The SMILES string of the molecule is CC/C(C)=C(/O/C(=N\C)c1ccc(CNC(C)CN=O)cc1F)c1nc(-c2ccc(C)cc2)cnc1N. The number of nitrogens with zero attached hydrogens (tertiary/aromatic N) is 4. The quantitative estimate of drug-likeness (QED) is 0.160. The fourth-order valence-corrected chi connectivity index (χ4v) is 3.56. The van der Waals surface area contributed by atoms with E-state index in [1.807, 2.05) is 52.0 Å². The maximum absolute atomic E-state index is 15.2. The van der Waals surface area contributed by atoms with Gasteiger partial charge in [0.2, 0.25) is 5.90 Å². The molecular weight excluding hydrogens is 471 g/mol. The Hall–Kier alpha value is -3.98. The van der Waals surface area contributed by atoms with Crippen molar-refractivity contribution in [1.82, 2.24) is 15.3 Å². The summed E-state index contributed by atoms with van der Waals surface area (Å²) in [6.07, 6.45) is 2.28. The van der Waals surface area contributed by atoms with Crippen LogP contribution in [0.25, 0.3) is 17.0 Å². The summed E-state index contributed by atoms with van der Waals surface area (Å²) in [6.45, 7) is 8.29. The molecule has 3 rings (SSSR count). The van der Waals surface area contributed by atoms with Gasteiger partial charge in [0.15, 0.2) is 11.6 Å². The van der Waals surface area contributed by atoms with E-state index in [2.05, 4.69) is 20.5 Å². The van der Waals surface area contributed by atoms with E-state index in [4.69, 9.17) is 15.5 Å². The first-order valence-electron chi connectivity index (χ1n) is 12.1. The van der Waals surface area contributed by atoms with Crippen molar-refractivity contribution in [3.05, 3.63) is 87.3 Å². The number of nitrogen functional groups attached to an aromatic ring is 1. The van der Waals surface area contributed by atoms with Crippen LogP contribution in [0.4, 0.5) is 10.2 Å². The summed E-state index contributed by atoms with van der Waals surface area (Å²) in [7, 11) is 1.54. The number of nitrogens with one attached hydrogen (secondary N) is 1. The zero-order valence-corrected chi connectivity index (χ0v) is 21.9. The molecule has 0 fully saturated rings. The van der Waals surface area contributed by atoms with Gasteiger partial charge in [-0.15, -0.1) is 0 Å². The fourth-order valence-electron chi connectivity index (χ4n) is 3.56. The van der Waals surface area contributed by atoms with Crippen LogP contribution in [0.1, 0.15) is 49.6 Å². The van der Waals surface area contributed by atoms with Crippen LogP contribution in [0.15, 0.2) is 64.4 Å². The van der Waals surface area contributed by atoms with Gasteiger partial charge in [0.05, 0.1) is 24.0 Å². The Labute approximate surface area is 216 Å². The number of hydrogen-bond acceptors (Lipinski definition) is 8. The number of rotatable bonds is 10. The summed E-state index contributed by atoms with van der Waals surface area (Å²) >= 11 is 0. The average Bonchev–Trinajstić information content (AvgIpc) is 2.89. The van der Waals surface area contributed by atoms with Crippen molar-refractivity contribution in [3.8, 4) is 11.3 Å². The van der Waals surface area contributed by atoms with Gasteiger partial charge in [-0.1, -0.05) is 48.0 Å². The van der Waals surface area contributed by atoms with E-state index in [0.29, 0.717) is 30.1 Å². The minimum atomic E-state index is -0.484. The van der Waals surface area contributed by atoms with Gasteiger partial charge in [-0.2, -0.15) is 4.91 Å². The maximum atomic E-state index is 15.2. The molecule has 0 spiro atoms. The molecule has 0 radical (unpaired) electrons. The minimum absolute atomic E-state index is 0.0975. The maximum Gasteiger partial charge on any atom is 0.224 e. The molecule has 194 valence electrons. The van der Waals surface area contributed by atoms with Crippen molar-refractivity contribution in [3.63, 3.8) is 0 Å². The van der Waals surface area contributed by atoms with Gasteiger partial charge in [-0.3, -0.25) is 4.99 Å². The number of aromatic nitrogens is 2. The molecule has 3 N–H and O–H groups in total. The van der Waals surface area contributed by atoms with Crippen molar-refractivity contribution in [2.45, 2.75) is 46.7 Å². The summed E-state index contributed by atoms with van der Waals surface area (Å²) < 4.78 is 21.4. The summed E-state index contributed by atoms with van der Waals surface area (Å²) in [5.74, 6) is 0.208. The topological polar surface area (TPSA) is 115 Å². The molecule has 0 saturated heterocycles. The van der Waals surface area contributed by atoms with E-state index in [9.17, 15) is 4.91 Å². The molecular formula is C28H33FN6O2. The van der Waals surface area contributed by atoms with Crippen LogP contribution in [0, 0.1) is 17.6 Å². The third kappa shape index (κ3) is 7.04. The number of ether oxygens (including phenoxy) is 1. The third-order valence-corrected chi connectivity index (χ3v) is 5.95. The van der Waals surface area contributed by atoms with E-state index in [-0.39, 0.29) is 29.9 Å². The molecule has 0 aliphatic rings. The van der Waals surface area contributed by atoms with Crippen LogP contribution in [0.2, 0.25) is 0 Å². The van der Waals surface area contributed by atoms with E-state index in [0.717, 1.165) is 22.3 Å². The molecule has 9 heteroatoms. The molecule has 1 heterocycles. The van der Waals surface area contributed by atoms with Gasteiger partial charge in [0.25, 0.3) is 0 Å². The third-order valence-electron chi connectivity index (χ3n) is 5.95. The van der Waals surface area contributed by atoms with Gasteiger partial charge < -0.3 is 15.8 Å². The molecule has 3 aromatic rings. The van der Waals surface area contributed by atoms with Crippen LogP contribution in [0.5, 0.6) is 0 Å². The number of anilines is 1. The standard InChI is InChI=1S/C28H33FN6O2/c1-6-18(3)26(25-27(30)33-16-24(35-25)21-10-7-17(2)8-11-21)37-28(31-5)22-12-9-20(13-23(22)29)15-32-19(4)14-34-36/h7-13,16,19,32H,6,14-15H2,1-5H3,(H2,30,33)/b26-18+,31-28-. The molecule has 8 nitrogen and oxygen atoms in total. The first-order valence-corrected chi connectivity index (χ1v) is 12.1. The lowest BCUT2D eigenvalue weighted by molar-refractivity contribution is 0.492. The van der Waals surface area contributed by atoms with Crippen molar-refractivity contribution in [2.75, 3.05) is 19.3 Å². The van der Waals surface area contributed by atoms with Crippen LogP contribution in [-0.4, -0.2) is 35.5 Å². The average molecular weight is 505 g/mol. The summed E-state index contributed by atoms with van der Waals surface area (Å²) in [5, 5.41) is 6.01. The zero-order valence-electron chi connectivity index (χ0n) is 21.9. The second kappa shape index (κ2) is 12.8. The molecule has 0 aliphatic heterocycles. The van der Waals surface area contributed by atoms with Crippen LogP contribution < -0.4 is 11.1 Å². The van der Waals surface area contributed by atoms with Gasteiger partial charge in [-0.05, 0) is 50.5 Å².